The first kappa shape index (κ1) is 21.0. The zero-order chi connectivity index (χ0) is 20.4. The average molecular weight is 379 g/mol. The number of nitrogens with zero attached hydrogens (tertiary/aromatic N) is 1. The predicted octanol–water partition coefficient (Wildman–Crippen LogP) is 3.63. The third kappa shape index (κ3) is 6.76. The molecule has 0 bridgehead atoms. The molecule has 28 heavy (non-hydrogen) atoms. The summed E-state index contributed by atoms with van der Waals surface area (Å²) in [6.45, 7) is 4.93. The topological polar surface area (TPSA) is 91.2 Å². The summed E-state index contributed by atoms with van der Waals surface area (Å²) in [5.41, 5.74) is 3.74. The van der Waals surface area contributed by atoms with Gasteiger partial charge in [0.05, 0.1) is 12.7 Å². The van der Waals surface area contributed by atoms with E-state index in [1.807, 2.05) is 44.2 Å². The van der Waals surface area contributed by atoms with Crippen LogP contribution in [0.25, 0.3) is 0 Å². The lowest BCUT2D eigenvalue weighted by Crippen LogP contribution is -2.23. The van der Waals surface area contributed by atoms with Gasteiger partial charge in [-0.15, -0.1) is 0 Å². The number of carbonyl (C=O) groups excluding carboxylic acids is 2. The zero-order valence-corrected chi connectivity index (χ0v) is 16.2. The Labute approximate surface area is 165 Å². The van der Waals surface area contributed by atoms with Crippen LogP contribution in [-0.4, -0.2) is 18.4 Å². The number of carbonyl (C=O) groups is 2. The number of ether oxygens (including phenoxy) is 1. The molecule has 2 N–H and O–H groups in total. The summed E-state index contributed by atoms with van der Waals surface area (Å²) in [6.07, 6.45) is 0.863. The molecule has 0 atom stereocenters. The Bertz CT molecular complexity index is 834. The van der Waals surface area contributed by atoms with Crippen molar-refractivity contribution in [1.82, 2.24) is 5.32 Å². The number of aryl methyl sites for hydroxylation is 2. The molecule has 0 saturated heterocycles. The molecule has 0 aliphatic heterocycles. The van der Waals surface area contributed by atoms with Crippen molar-refractivity contribution in [3.8, 4) is 11.8 Å². The van der Waals surface area contributed by atoms with Crippen molar-refractivity contribution in [2.45, 2.75) is 39.7 Å². The smallest absolute Gasteiger partial charge is 0.238 e. The Balaban J connectivity index is 1.68. The highest BCUT2D eigenvalue weighted by atomic mass is 16.5. The maximum atomic E-state index is 12.0. The number of amides is 2. The van der Waals surface area contributed by atoms with Gasteiger partial charge < -0.3 is 15.4 Å². The third-order valence-electron chi connectivity index (χ3n) is 4.17. The summed E-state index contributed by atoms with van der Waals surface area (Å²) in [5, 5.41) is 14.0. The molecular formula is C22H25N3O3. The molecule has 0 radical (unpaired) electrons. The maximum Gasteiger partial charge on any atom is 0.238 e. The lowest BCUT2D eigenvalue weighted by Gasteiger charge is -2.12. The maximum absolute atomic E-state index is 12.0. The van der Waals surface area contributed by atoms with Gasteiger partial charge in [-0.05, 0) is 49.1 Å². The molecule has 6 heteroatoms. The number of hydrogen-bond acceptors (Lipinski definition) is 4. The van der Waals surface area contributed by atoms with Crippen LogP contribution in [0.2, 0.25) is 0 Å². The van der Waals surface area contributed by atoms with E-state index < -0.39 is 0 Å². The molecule has 0 aliphatic rings. The van der Waals surface area contributed by atoms with Crippen molar-refractivity contribution in [2.75, 3.05) is 11.9 Å². The number of nitrogens with one attached hydrogen (secondary N) is 2. The summed E-state index contributed by atoms with van der Waals surface area (Å²) in [7, 11) is 0. The third-order valence-corrected chi connectivity index (χ3v) is 4.17. The van der Waals surface area contributed by atoms with Crippen LogP contribution in [-0.2, 0) is 16.1 Å². The van der Waals surface area contributed by atoms with Crippen LogP contribution >= 0.6 is 0 Å². The van der Waals surface area contributed by atoms with Crippen LogP contribution in [0.15, 0.2) is 42.5 Å². The molecule has 0 unspecified atom stereocenters. The Hall–Kier alpha value is -3.33. The first-order chi connectivity index (χ1) is 13.5. The van der Waals surface area contributed by atoms with E-state index >= 15 is 0 Å². The van der Waals surface area contributed by atoms with E-state index in [9.17, 15) is 9.59 Å². The van der Waals surface area contributed by atoms with Gasteiger partial charge in [0.15, 0.2) is 0 Å². The standard InChI is InChI=1S/C22H25N3O3/c1-16-5-3-6-17(2)22(16)28-14-4-7-20(26)24-15-18-8-10-19(11-9-18)25-21(27)12-13-23/h3,5-6,8-11H,4,7,12,14-15H2,1-2H3,(H,24,26)(H,25,27). The molecule has 0 heterocycles. The van der Waals surface area contributed by atoms with Crippen LogP contribution in [0.4, 0.5) is 5.69 Å². The molecule has 0 aliphatic carbocycles. The monoisotopic (exact) mass is 379 g/mol. The Kier molecular flexibility index (Phi) is 8.04. The second kappa shape index (κ2) is 10.7. The van der Waals surface area contributed by atoms with Crippen molar-refractivity contribution >= 4 is 17.5 Å². The quantitative estimate of drug-likeness (QED) is 0.651. The molecule has 2 amide bonds. The van der Waals surface area contributed by atoms with E-state index in [4.69, 9.17) is 10.00 Å². The van der Waals surface area contributed by atoms with Gasteiger partial charge in [0.1, 0.15) is 12.2 Å². The minimum Gasteiger partial charge on any atom is -0.493 e. The summed E-state index contributed by atoms with van der Waals surface area (Å²) in [4.78, 5) is 23.4. The van der Waals surface area contributed by atoms with Gasteiger partial charge in [0, 0.05) is 18.7 Å². The molecule has 146 valence electrons. The highest BCUT2D eigenvalue weighted by Gasteiger charge is 2.06. The average Bonchev–Trinajstić information content (AvgIpc) is 2.66. The number of para-hydroxylation sites is 1. The predicted molar refractivity (Wildman–Crippen MR) is 108 cm³/mol. The molecule has 6 nitrogen and oxygen atoms in total. The zero-order valence-electron chi connectivity index (χ0n) is 16.2. The Morgan fingerprint density at radius 2 is 1.71 bits per heavy atom. The van der Waals surface area contributed by atoms with Crippen molar-refractivity contribution in [3.63, 3.8) is 0 Å². The highest BCUT2D eigenvalue weighted by molar-refractivity contribution is 5.92. The van der Waals surface area contributed by atoms with E-state index in [0.717, 1.165) is 22.4 Å². The molecule has 2 rings (SSSR count). The number of nitriles is 1. The SMILES string of the molecule is Cc1cccc(C)c1OCCCC(=O)NCc1ccc(NC(=O)CC#N)cc1. The Morgan fingerprint density at radius 3 is 2.36 bits per heavy atom. The van der Waals surface area contributed by atoms with E-state index in [2.05, 4.69) is 10.6 Å². The second-order valence-electron chi connectivity index (χ2n) is 6.53. The van der Waals surface area contributed by atoms with Gasteiger partial charge in [-0.1, -0.05) is 30.3 Å². The van der Waals surface area contributed by atoms with Gasteiger partial charge >= 0.3 is 0 Å². The fourth-order valence-corrected chi connectivity index (χ4v) is 2.71. The normalized spacial score (nSPS) is 10.0. The molecule has 0 saturated carbocycles. The second-order valence-corrected chi connectivity index (χ2v) is 6.53. The van der Waals surface area contributed by atoms with Crippen LogP contribution in [0.3, 0.4) is 0 Å². The van der Waals surface area contributed by atoms with Gasteiger partial charge in [-0.3, -0.25) is 9.59 Å². The van der Waals surface area contributed by atoms with E-state index in [0.29, 0.717) is 31.7 Å². The van der Waals surface area contributed by atoms with Crippen LogP contribution < -0.4 is 15.4 Å². The van der Waals surface area contributed by atoms with Crippen LogP contribution in [0, 0.1) is 25.2 Å². The fourth-order valence-electron chi connectivity index (χ4n) is 2.71. The number of hydrogen-bond donors (Lipinski definition) is 2. The largest absolute Gasteiger partial charge is 0.493 e. The fraction of sp³-hybridized carbons (Fsp3) is 0.318. The first-order valence-corrected chi connectivity index (χ1v) is 9.21. The van der Waals surface area contributed by atoms with Crippen molar-refractivity contribution in [1.29, 1.82) is 5.26 Å². The van der Waals surface area contributed by atoms with Crippen LogP contribution in [0.5, 0.6) is 5.75 Å². The lowest BCUT2D eigenvalue weighted by molar-refractivity contribution is -0.121. The first-order valence-electron chi connectivity index (χ1n) is 9.21. The van der Waals surface area contributed by atoms with Crippen molar-refractivity contribution < 1.29 is 14.3 Å². The number of benzene rings is 2. The Morgan fingerprint density at radius 1 is 1.04 bits per heavy atom. The summed E-state index contributed by atoms with van der Waals surface area (Å²) >= 11 is 0. The van der Waals surface area contributed by atoms with Gasteiger partial charge in [0.2, 0.25) is 11.8 Å². The number of anilines is 1. The minimum absolute atomic E-state index is 0.0310. The van der Waals surface area contributed by atoms with Gasteiger partial charge in [-0.2, -0.15) is 5.26 Å². The lowest BCUT2D eigenvalue weighted by atomic mass is 10.1. The molecular weight excluding hydrogens is 354 g/mol. The van der Waals surface area contributed by atoms with Crippen LogP contribution in [0.1, 0.15) is 36.0 Å². The highest BCUT2D eigenvalue weighted by Crippen LogP contribution is 2.22. The van der Waals surface area contributed by atoms with Crippen molar-refractivity contribution in [2.24, 2.45) is 0 Å². The minimum atomic E-state index is -0.341. The molecule has 2 aromatic rings. The summed E-state index contributed by atoms with van der Waals surface area (Å²) < 4.78 is 5.81. The molecule has 0 fully saturated rings. The molecule has 2 aromatic carbocycles. The number of rotatable bonds is 9. The molecule has 0 spiro atoms. The van der Waals surface area contributed by atoms with Gasteiger partial charge in [-0.25, -0.2) is 0 Å². The molecule has 0 aromatic heterocycles. The van der Waals surface area contributed by atoms with E-state index in [-0.39, 0.29) is 18.2 Å². The summed E-state index contributed by atoms with van der Waals surface area (Å²) in [5.74, 6) is 0.521. The van der Waals surface area contributed by atoms with Crippen molar-refractivity contribution in [3.05, 3.63) is 59.2 Å². The van der Waals surface area contributed by atoms with E-state index in [1.165, 1.54) is 0 Å². The van der Waals surface area contributed by atoms with Gasteiger partial charge in [0.25, 0.3) is 0 Å². The van der Waals surface area contributed by atoms with E-state index in [1.54, 1.807) is 18.2 Å². The summed E-state index contributed by atoms with van der Waals surface area (Å²) in [6, 6.07) is 15.0.